The van der Waals surface area contributed by atoms with Crippen LogP contribution in [-0.4, -0.2) is 56.2 Å². The molecule has 0 spiro atoms. The monoisotopic (exact) mass is 344 g/mol. The van der Waals surface area contributed by atoms with Crippen LogP contribution in [0.5, 0.6) is 0 Å². The Bertz CT molecular complexity index is 623. The summed E-state index contributed by atoms with van der Waals surface area (Å²) in [4.78, 5) is 2.38. The minimum atomic E-state index is -0.516. The van der Waals surface area contributed by atoms with Crippen LogP contribution >= 0.6 is 0 Å². The van der Waals surface area contributed by atoms with E-state index >= 15 is 0 Å². The van der Waals surface area contributed by atoms with Crippen molar-refractivity contribution >= 4 is 18.9 Å². The van der Waals surface area contributed by atoms with Gasteiger partial charge in [0.05, 0.1) is 17.8 Å². The van der Waals surface area contributed by atoms with Gasteiger partial charge in [-0.05, 0) is 50.9 Å². The van der Waals surface area contributed by atoms with Gasteiger partial charge in [-0.15, -0.1) is 0 Å². The van der Waals surface area contributed by atoms with Crippen LogP contribution in [0.25, 0.3) is 6.08 Å². The Kier molecular flexibility index (Phi) is 5.25. The maximum absolute atomic E-state index is 9.86. The summed E-state index contributed by atoms with van der Waals surface area (Å²) < 4.78 is 12.1. The minimum Gasteiger partial charge on any atom is -0.400 e. The van der Waals surface area contributed by atoms with E-state index in [0.29, 0.717) is 0 Å². The Hall–Kier alpha value is -1.34. The smallest absolute Gasteiger partial charge is 0.400 e. The Morgan fingerprint density at radius 3 is 2.44 bits per heavy atom. The zero-order valence-corrected chi connectivity index (χ0v) is 15.7. The van der Waals surface area contributed by atoms with Crippen molar-refractivity contribution in [2.75, 3.05) is 37.7 Å². The molecular weight excluding hydrogens is 315 g/mol. The molecule has 136 valence electrons. The van der Waals surface area contributed by atoms with Crippen molar-refractivity contribution in [2.24, 2.45) is 0 Å². The van der Waals surface area contributed by atoms with Crippen molar-refractivity contribution in [2.45, 2.75) is 38.9 Å². The second kappa shape index (κ2) is 7.12. The van der Waals surface area contributed by atoms with Gasteiger partial charge >= 0.3 is 7.12 Å². The SMILES string of the molecule is CC1(C)OB(C(=Cc2cccc(N3CCNCC3)c2)CO)OC1(C)C. The maximum atomic E-state index is 9.86. The molecule has 6 heteroatoms. The molecule has 2 aliphatic heterocycles. The van der Waals surface area contributed by atoms with Gasteiger partial charge in [0.2, 0.25) is 0 Å². The van der Waals surface area contributed by atoms with Gasteiger partial charge in [-0.3, -0.25) is 0 Å². The maximum Gasteiger partial charge on any atom is 0.492 e. The highest BCUT2D eigenvalue weighted by Gasteiger charge is 2.52. The molecule has 2 aliphatic rings. The summed E-state index contributed by atoms with van der Waals surface area (Å²) in [7, 11) is -0.516. The van der Waals surface area contributed by atoms with Crippen molar-refractivity contribution < 1.29 is 14.4 Å². The molecule has 25 heavy (non-hydrogen) atoms. The Balaban J connectivity index is 1.81. The van der Waals surface area contributed by atoms with Crippen molar-refractivity contribution in [1.29, 1.82) is 0 Å². The summed E-state index contributed by atoms with van der Waals surface area (Å²) in [5.74, 6) is 0. The lowest BCUT2D eigenvalue weighted by atomic mass is 9.77. The predicted octanol–water partition coefficient (Wildman–Crippen LogP) is 2.10. The average molecular weight is 344 g/mol. The second-order valence-electron chi connectivity index (χ2n) is 7.80. The number of aliphatic hydroxyl groups is 1. The molecular formula is C19H29BN2O3. The number of aliphatic hydroxyl groups excluding tert-OH is 1. The number of nitrogens with one attached hydrogen (secondary N) is 1. The van der Waals surface area contributed by atoms with Crippen molar-refractivity contribution in [3.05, 3.63) is 35.3 Å². The van der Waals surface area contributed by atoms with Crippen molar-refractivity contribution in [1.82, 2.24) is 5.32 Å². The molecule has 2 heterocycles. The Labute approximate surface area is 151 Å². The van der Waals surface area contributed by atoms with Crippen LogP contribution in [0.15, 0.2) is 29.7 Å². The average Bonchev–Trinajstić information content (AvgIpc) is 2.81. The van der Waals surface area contributed by atoms with Crippen molar-refractivity contribution in [3.8, 4) is 0 Å². The lowest BCUT2D eigenvalue weighted by Gasteiger charge is -2.32. The van der Waals surface area contributed by atoms with Gasteiger partial charge in [0.1, 0.15) is 0 Å². The van der Waals surface area contributed by atoms with Crippen LogP contribution in [0.4, 0.5) is 5.69 Å². The van der Waals surface area contributed by atoms with Crippen LogP contribution in [0.3, 0.4) is 0 Å². The van der Waals surface area contributed by atoms with E-state index in [1.54, 1.807) is 0 Å². The number of nitrogens with zero attached hydrogens (tertiary/aromatic N) is 1. The molecule has 1 aromatic carbocycles. The van der Waals surface area contributed by atoms with E-state index in [9.17, 15) is 5.11 Å². The fourth-order valence-corrected chi connectivity index (χ4v) is 3.13. The molecule has 0 aromatic heterocycles. The number of rotatable bonds is 4. The molecule has 3 rings (SSSR count). The molecule has 5 nitrogen and oxygen atoms in total. The highest BCUT2D eigenvalue weighted by Crippen LogP contribution is 2.38. The fraction of sp³-hybridized carbons (Fsp3) is 0.579. The Morgan fingerprint density at radius 1 is 1.20 bits per heavy atom. The van der Waals surface area contributed by atoms with Crippen molar-refractivity contribution in [3.63, 3.8) is 0 Å². The molecule has 0 saturated carbocycles. The first-order chi connectivity index (χ1) is 11.8. The molecule has 0 amide bonds. The van der Waals surface area contributed by atoms with Gasteiger partial charge in [0.25, 0.3) is 0 Å². The highest BCUT2D eigenvalue weighted by atomic mass is 16.7. The third kappa shape index (κ3) is 3.92. The predicted molar refractivity (Wildman–Crippen MR) is 103 cm³/mol. The minimum absolute atomic E-state index is 0.0886. The van der Waals surface area contributed by atoms with E-state index in [0.717, 1.165) is 37.2 Å². The quantitative estimate of drug-likeness (QED) is 0.820. The first-order valence-corrected chi connectivity index (χ1v) is 9.05. The molecule has 0 unspecified atom stereocenters. The van der Waals surface area contributed by atoms with Crippen LogP contribution in [-0.2, 0) is 9.31 Å². The summed E-state index contributed by atoms with van der Waals surface area (Å²) in [6.07, 6.45) is 1.98. The third-order valence-electron chi connectivity index (χ3n) is 5.44. The molecule has 0 aliphatic carbocycles. The van der Waals surface area contributed by atoms with E-state index in [1.165, 1.54) is 5.69 Å². The molecule has 2 fully saturated rings. The van der Waals surface area contributed by atoms with Gasteiger partial charge in [-0.25, -0.2) is 0 Å². The summed E-state index contributed by atoms with van der Waals surface area (Å²) in [5.41, 5.74) is 2.19. The third-order valence-corrected chi connectivity index (χ3v) is 5.44. The van der Waals surface area contributed by atoms with Crippen LogP contribution in [0.2, 0.25) is 0 Å². The molecule has 0 atom stereocenters. The number of piperazine rings is 1. The number of benzene rings is 1. The van der Waals surface area contributed by atoms with E-state index in [-0.39, 0.29) is 6.61 Å². The molecule has 2 N–H and O–H groups in total. The summed E-state index contributed by atoms with van der Waals surface area (Å²) in [6, 6.07) is 8.40. The zero-order chi connectivity index (χ0) is 18.1. The highest BCUT2D eigenvalue weighted by molar-refractivity contribution is 6.55. The lowest BCUT2D eigenvalue weighted by Crippen LogP contribution is -2.43. The first kappa shape index (κ1) is 18.5. The summed E-state index contributed by atoms with van der Waals surface area (Å²) in [5, 5.41) is 13.2. The summed E-state index contributed by atoms with van der Waals surface area (Å²) in [6.45, 7) is 12.0. The normalized spacial score (nSPS) is 23.2. The first-order valence-electron chi connectivity index (χ1n) is 9.05. The fourth-order valence-electron chi connectivity index (χ4n) is 3.13. The van der Waals surface area contributed by atoms with Gasteiger partial charge < -0.3 is 24.6 Å². The van der Waals surface area contributed by atoms with Crippen LogP contribution in [0.1, 0.15) is 33.3 Å². The van der Waals surface area contributed by atoms with Gasteiger partial charge in [0.15, 0.2) is 0 Å². The molecule has 2 saturated heterocycles. The largest absolute Gasteiger partial charge is 0.492 e. The van der Waals surface area contributed by atoms with Gasteiger partial charge in [-0.2, -0.15) is 0 Å². The van der Waals surface area contributed by atoms with Crippen LogP contribution in [0, 0.1) is 0 Å². The zero-order valence-electron chi connectivity index (χ0n) is 15.7. The van der Waals surface area contributed by atoms with E-state index in [1.807, 2.05) is 39.8 Å². The molecule has 1 aromatic rings. The number of hydrogen-bond acceptors (Lipinski definition) is 5. The topological polar surface area (TPSA) is 54.0 Å². The lowest BCUT2D eigenvalue weighted by molar-refractivity contribution is 0.00578. The van der Waals surface area contributed by atoms with Gasteiger partial charge in [0, 0.05) is 31.9 Å². The summed E-state index contributed by atoms with van der Waals surface area (Å²) >= 11 is 0. The van der Waals surface area contributed by atoms with E-state index < -0.39 is 18.3 Å². The Morgan fingerprint density at radius 2 is 1.84 bits per heavy atom. The number of anilines is 1. The van der Waals surface area contributed by atoms with E-state index in [4.69, 9.17) is 9.31 Å². The van der Waals surface area contributed by atoms with Crippen LogP contribution < -0.4 is 10.2 Å². The number of hydrogen-bond donors (Lipinski definition) is 2. The van der Waals surface area contributed by atoms with E-state index in [2.05, 4.69) is 28.4 Å². The van der Waals surface area contributed by atoms with Gasteiger partial charge in [-0.1, -0.05) is 18.2 Å². The molecule has 0 bridgehead atoms. The molecule has 0 radical (unpaired) electrons. The second-order valence-corrected chi connectivity index (χ2v) is 7.80. The standard InChI is InChI=1S/C19H29BN2O3/c1-18(2)19(3,4)25-20(24-18)16(14-23)12-15-6-5-7-17(13-15)22-10-8-21-9-11-22/h5-7,12-13,21,23H,8-11,14H2,1-4H3.